The van der Waals surface area contributed by atoms with Gasteiger partial charge in [0.1, 0.15) is 0 Å². The highest BCUT2D eigenvalue weighted by atomic mass is 15.3. The van der Waals surface area contributed by atoms with Crippen molar-refractivity contribution in [2.45, 2.75) is 38.0 Å². The Labute approximate surface area is 97.2 Å². The van der Waals surface area contributed by atoms with E-state index in [1.165, 1.54) is 50.9 Å². The van der Waals surface area contributed by atoms with E-state index in [1.54, 1.807) is 5.56 Å². The zero-order chi connectivity index (χ0) is 11.0. The van der Waals surface area contributed by atoms with Gasteiger partial charge in [0.2, 0.25) is 0 Å². The molecule has 1 aromatic rings. The van der Waals surface area contributed by atoms with E-state index in [4.69, 9.17) is 0 Å². The van der Waals surface area contributed by atoms with E-state index in [9.17, 15) is 0 Å². The van der Waals surface area contributed by atoms with Crippen molar-refractivity contribution in [3.63, 3.8) is 0 Å². The first-order valence-electron chi connectivity index (χ1n) is 6.56. The highest BCUT2D eigenvalue weighted by Gasteiger charge is 2.29. The molecule has 16 heavy (non-hydrogen) atoms. The number of aryl methyl sites for hydroxylation is 1. The molecule has 0 radical (unpaired) electrons. The molecule has 2 heterocycles. The van der Waals surface area contributed by atoms with Crippen LogP contribution >= 0.6 is 0 Å². The van der Waals surface area contributed by atoms with Crippen molar-refractivity contribution in [3.05, 3.63) is 17.5 Å². The maximum absolute atomic E-state index is 4.44. The molecule has 1 aromatic heterocycles. The monoisotopic (exact) mass is 219 g/mol. The van der Waals surface area contributed by atoms with Gasteiger partial charge in [-0.25, -0.2) is 0 Å². The number of piperidine rings is 1. The van der Waals surface area contributed by atoms with Crippen molar-refractivity contribution in [1.29, 1.82) is 0 Å². The van der Waals surface area contributed by atoms with Crippen LogP contribution in [0.2, 0.25) is 0 Å². The summed E-state index contributed by atoms with van der Waals surface area (Å²) < 4.78 is 2.11. The first-order valence-corrected chi connectivity index (χ1v) is 6.56. The van der Waals surface area contributed by atoms with Gasteiger partial charge in [0, 0.05) is 12.7 Å². The number of aromatic nitrogens is 2. The lowest BCUT2D eigenvalue weighted by molar-refractivity contribution is 0.365. The summed E-state index contributed by atoms with van der Waals surface area (Å²) in [4.78, 5) is 0. The highest BCUT2D eigenvalue weighted by Crippen LogP contribution is 2.42. The molecule has 3 heteroatoms. The van der Waals surface area contributed by atoms with Crippen LogP contribution in [0.3, 0.4) is 0 Å². The molecule has 1 saturated carbocycles. The summed E-state index contributed by atoms with van der Waals surface area (Å²) >= 11 is 0. The average molecular weight is 219 g/mol. The van der Waals surface area contributed by atoms with Crippen molar-refractivity contribution in [2.75, 3.05) is 13.1 Å². The topological polar surface area (TPSA) is 29.9 Å². The zero-order valence-electron chi connectivity index (χ0n) is 10.1. The fraction of sp³-hybridized carbons (Fsp3) is 0.769. The van der Waals surface area contributed by atoms with Gasteiger partial charge < -0.3 is 5.32 Å². The minimum atomic E-state index is 0.838. The lowest BCUT2D eigenvalue weighted by Gasteiger charge is -2.23. The second-order valence-corrected chi connectivity index (χ2v) is 5.34. The normalized spacial score (nSPS) is 22.6. The van der Waals surface area contributed by atoms with Crippen LogP contribution in [0, 0.1) is 5.92 Å². The van der Waals surface area contributed by atoms with Gasteiger partial charge in [-0.1, -0.05) is 0 Å². The first-order chi connectivity index (χ1) is 7.84. The van der Waals surface area contributed by atoms with Crippen LogP contribution in [0.5, 0.6) is 0 Å². The van der Waals surface area contributed by atoms with Crippen LogP contribution in [-0.4, -0.2) is 22.9 Å². The number of nitrogens with one attached hydrogen (secondary N) is 1. The van der Waals surface area contributed by atoms with E-state index >= 15 is 0 Å². The van der Waals surface area contributed by atoms with E-state index in [2.05, 4.69) is 28.3 Å². The Hall–Kier alpha value is -0.830. The molecule has 0 spiro atoms. The highest BCUT2D eigenvalue weighted by molar-refractivity contribution is 5.26. The molecular weight excluding hydrogens is 198 g/mol. The molecule has 1 N–H and O–H groups in total. The summed E-state index contributed by atoms with van der Waals surface area (Å²) in [6, 6.07) is 0. The van der Waals surface area contributed by atoms with E-state index in [0.29, 0.717) is 0 Å². The van der Waals surface area contributed by atoms with Gasteiger partial charge in [0.15, 0.2) is 0 Å². The van der Waals surface area contributed by atoms with Crippen LogP contribution in [0.15, 0.2) is 6.20 Å². The summed E-state index contributed by atoms with van der Waals surface area (Å²) in [5.41, 5.74) is 3.05. The second-order valence-electron chi connectivity index (χ2n) is 5.34. The van der Waals surface area contributed by atoms with Gasteiger partial charge in [-0.15, -0.1) is 0 Å². The third kappa shape index (κ3) is 2.01. The molecular formula is C13H21N3. The maximum atomic E-state index is 4.44. The second kappa shape index (κ2) is 4.21. The number of hydrogen-bond donors (Lipinski definition) is 1. The molecule has 0 atom stereocenters. The van der Waals surface area contributed by atoms with Crippen molar-refractivity contribution < 1.29 is 0 Å². The number of rotatable bonds is 3. The van der Waals surface area contributed by atoms with Gasteiger partial charge in [-0.3, -0.25) is 4.68 Å². The molecule has 0 unspecified atom stereocenters. The smallest absolute Gasteiger partial charge is 0.0527 e. The van der Waals surface area contributed by atoms with Crippen LogP contribution in [0.1, 0.15) is 42.9 Å². The molecule has 3 nitrogen and oxygen atoms in total. The van der Waals surface area contributed by atoms with E-state index in [0.717, 1.165) is 11.8 Å². The fourth-order valence-electron chi connectivity index (χ4n) is 2.82. The van der Waals surface area contributed by atoms with Crippen molar-refractivity contribution in [2.24, 2.45) is 13.0 Å². The number of hydrogen-bond acceptors (Lipinski definition) is 2. The minimum Gasteiger partial charge on any atom is -0.317 e. The standard InChI is InChI=1S/C13H21N3/c1-16-13(8-10-4-6-14-7-5-10)12(9-15-16)11-2-3-11/h9-11,14H,2-8H2,1H3. The third-order valence-electron chi connectivity index (χ3n) is 4.05. The average Bonchev–Trinajstić information content (AvgIpc) is 3.08. The zero-order valence-corrected chi connectivity index (χ0v) is 10.1. The largest absolute Gasteiger partial charge is 0.317 e. The van der Waals surface area contributed by atoms with E-state index < -0.39 is 0 Å². The first kappa shape index (κ1) is 10.3. The minimum absolute atomic E-state index is 0.838. The summed E-state index contributed by atoms with van der Waals surface area (Å²) in [5.74, 6) is 1.71. The predicted octanol–water partition coefficient (Wildman–Crippen LogP) is 1.84. The van der Waals surface area contributed by atoms with Gasteiger partial charge in [0.05, 0.1) is 6.20 Å². The molecule has 0 bridgehead atoms. The molecule has 1 aliphatic carbocycles. The van der Waals surface area contributed by atoms with Crippen LogP contribution < -0.4 is 5.32 Å². The summed E-state index contributed by atoms with van der Waals surface area (Å²) in [6.45, 7) is 2.39. The van der Waals surface area contributed by atoms with Gasteiger partial charge in [-0.2, -0.15) is 5.10 Å². The Morgan fingerprint density at radius 1 is 1.31 bits per heavy atom. The molecule has 1 saturated heterocycles. The van der Waals surface area contributed by atoms with E-state index in [-0.39, 0.29) is 0 Å². The van der Waals surface area contributed by atoms with Crippen molar-refractivity contribution in [1.82, 2.24) is 15.1 Å². The Morgan fingerprint density at radius 2 is 2.06 bits per heavy atom. The van der Waals surface area contributed by atoms with Gasteiger partial charge in [0.25, 0.3) is 0 Å². The summed E-state index contributed by atoms with van der Waals surface area (Å²) in [6.07, 6.45) is 8.76. The lowest BCUT2D eigenvalue weighted by Crippen LogP contribution is -2.29. The quantitative estimate of drug-likeness (QED) is 0.840. The Bertz CT molecular complexity index is 359. The molecule has 1 aliphatic heterocycles. The Balaban J connectivity index is 1.74. The molecule has 2 fully saturated rings. The van der Waals surface area contributed by atoms with Crippen LogP contribution in [0.4, 0.5) is 0 Å². The maximum Gasteiger partial charge on any atom is 0.0527 e. The van der Waals surface area contributed by atoms with Crippen molar-refractivity contribution >= 4 is 0 Å². The molecule has 88 valence electrons. The molecule has 0 amide bonds. The lowest BCUT2D eigenvalue weighted by atomic mass is 9.91. The predicted molar refractivity (Wildman–Crippen MR) is 64.5 cm³/mol. The molecule has 2 aliphatic rings. The fourth-order valence-corrected chi connectivity index (χ4v) is 2.82. The SMILES string of the molecule is Cn1ncc(C2CC2)c1CC1CCNCC1. The molecule has 3 rings (SSSR count). The van der Waals surface area contributed by atoms with Crippen LogP contribution in [-0.2, 0) is 13.5 Å². The summed E-state index contributed by atoms with van der Waals surface area (Å²) in [7, 11) is 2.10. The van der Waals surface area contributed by atoms with Crippen molar-refractivity contribution in [3.8, 4) is 0 Å². The van der Waals surface area contributed by atoms with Gasteiger partial charge >= 0.3 is 0 Å². The summed E-state index contributed by atoms with van der Waals surface area (Å²) in [5, 5.41) is 7.88. The molecule has 0 aromatic carbocycles. The Morgan fingerprint density at radius 3 is 2.75 bits per heavy atom. The van der Waals surface area contributed by atoms with Gasteiger partial charge in [-0.05, 0) is 62.6 Å². The number of nitrogens with zero attached hydrogens (tertiary/aromatic N) is 2. The third-order valence-corrected chi connectivity index (χ3v) is 4.05. The van der Waals surface area contributed by atoms with E-state index in [1.807, 2.05) is 0 Å². The van der Waals surface area contributed by atoms with Crippen LogP contribution in [0.25, 0.3) is 0 Å². The Kier molecular flexibility index (Phi) is 2.72.